The molecule has 1 saturated carbocycles. The average Bonchev–Trinajstić information content (AvgIpc) is 2.88. The second-order valence-corrected chi connectivity index (χ2v) is 6.96. The maximum atomic E-state index is 12.3. The van der Waals surface area contributed by atoms with Crippen LogP contribution in [0, 0.1) is 0 Å². The van der Waals surface area contributed by atoms with Crippen LogP contribution in [0.3, 0.4) is 0 Å². The second kappa shape index (κ2) is 5.23. The van der Waals surface area contributed by atoms with Crippen molar-refractivity contribution < 1.29 is 17.9 Å². The third kappa shape index (κ3) is 2.74. The van der Waals surface area contributed by atoms with E-state index in [1.54, 1.807) is 6.07 Å². The van der Waals surface area contributed by atoms with Gasteiger partial charge in [0.05, 0.1) is 4.90 Å². The van der Waals surface area contributed by atoms with Crippen molar-refractivity contribution >= 4 is 10.0 Å². The van der Waals surface area contributed by atoms with Crippen LogP contribution in [0.1, 0.15) is 25.7 Å². The first kappa shape index (κ1) is 13.7. The highest BCUT2D eigenvalue weighted by Crippen LogP contribution is 2.34. The first-order valence-electron chi connectivity index (χ1n) is 6.72. The van der Waals surface area contributed by atoms with Gasteiger partial charge in [-0.25, -0.2) is 13.1 Å². The number of ether oxygens (including phenoxy) is 2. The van der Waals surface area contributed by atoms with Crippen LogP contribution in [0.2, 0.25) is 0 Å². The van der Waals surface area contributed by atoms with E-state index in [1.807, 2.05) is 0 Å². The van der Waals surface area contributed by atoms with Gasteiger partial charge in [-0.15, -0.1) is 0 Å². The summed E-state index contributed by atoms with van der Waals surface area (Å²) in [4.78, 5) is 0.205. The van der Waals surface area contributed by atoms with Crippen molar-refractivity contribution in [3.63, 3.8) is 0 Å². The molecule has 1 aliphatic carbocycles. The lowest BCUT2D eigenvalue weighted by atomic mass is 9.93. The van der Waals surface area contributed by atoms with E-state index in [4.69, 9.17) is 15.2 Å². The van der Waals surface area contributed by atoms with Crippen LogP contribution in [0.15, 0.2) is 23.1 Å². The zero-order chi connectivity index (χ0) is 14.2. The molecule has 0 bridgehead atoms. The van der Waals surface area contributed by atoms with Gasteiger partial charge in [-0.05, 0) is 37.8 Å². The van der Waals surface area contributed by atoms with E-state index < -0.39 is 10.0 Å². The average molecular weight is 298 g/mol. The molecule has 6 nitrogen and oxygen atoms in total. The molecular weight excluding hydrogens is 280 g/mol. The number of hydrogen-bond donors (Lipinski definition) is 2. The van der Waals surface area contributed by atoms with E-state index in [0.717, 1.165) is 25.7 Å². The summed E-state index contributed by atoms with van der Waals surface area (Å²) >= 11 is 0. The van der Waals surface area contributed by atoms with Gasteiger partial charge in [0.25, 0.3) is 0 Å². The van der Waals surface area contributed by atoms with Crippen LogP contribution in [0.4, 0.5) is 0 Å². The van der Waals surface area contributed by atoms with Gasteiger partial charge in [-0.2, -0.15) is 0 Å². The Kier molecular flexibility index (Phi) is 3.57. The zero-order valence-electron chi connectivity index (χ0n) is 11.0. The molecule has 1 aromatic rings. The van der Waals surface area contributed by atoms with Crippen molar-refractivity contribution in [2.45, 2.75) is 42.7 Å². The molecule has 3 N–H and O–H groups in total. The summed E-state index contributed by atoms with van der Waals surface area (Å²) in [6.07, 6.45) is 3.28. The van der Waals surface area contributed by atoms with Crippen LogP contribution >= 0.6 is 0 Å². The standard InChI is InChI=1S/C13H18N2O4S/c14-9-1-3-10(4-2-9)15-20(16,17)11-5-6-12-13(7-11)19-8-18-12/h5-7,9-10,15H,1-4,8,14H2. The molecule has 0 spiro atoms. The molecule has 0 saturated heterocycles. The molecule has 0 aromatic heterocycles. The lowest BCUT2D eigenvalue weighted by molar-refractivity contribution is 0.174. The van der Waals surface area contributed by atoms with Gasteiger partial charge in [-0.1, -0.05) is 0 Å². The first-order valence-corrected chi connectivity index (χ1v) is 8.20. The molecule has 0 unspecified atom stereocenters. The lowest BCUT2D eigenvalue weighted by Crippen LogP contribution is -2.40. The number of hydrogen-bond acceptors (Lipinski definition) is 5. The zero-order valence-corrected chi connectivity index (χ0v) is 11.9. The molecule has 20 heavy (non-hydrogen) atoms. The normalized spacial score (nSPS) is 25.6. The predicted molar refractivity (Wildman–Crippen MR) is 73.1 cm³/mol. The van der Waals surface area contributed by atoms with Crippen LogP contribution < -0.4 is 19.9 Å². The Morgan fingerprint density at radius 1 is 1.10 bits per heavy atom. The van der Waals surface area contributed by atoms with Crippen molar-refractivity contribution in [3.8, 4) is 11.5 Å². The minimum absolute atomic E-state index is 0.0368. The lowest BCUT2D eigenvalue weighted by Gasteiger charge is -2.26. The van der Waals surface area contributed by atoms with Crippen LogP contribution in [0.25, 0.3) is 0 Å². The third-order valence-electron chi connectivity index (χ3n) is 3.75. The molecular formula is C13H18N2O4S. The highest BCUT2D eigenvalue weighted by molar-refractivity contribution is 7.89. The number of nitrogens with one attached hydrogen (secondary N) is 1. The Bertz CT molecular complexity index is 594. The van der Waals surface area contributed by atoms with Gasteiger partial charge >= 0.3 is 0 Å². The van der Waals surface area contributed by atoms with E-state index in [9.17, 15) is 8.42 Å². The van der Waals surface area contributed by atoms with Crippen molar-refractivity contribution in [1.29, 1.82) is 0 Å². The fourth-order valence-electron chi connectivity index (χ4n) is 2.57. The molecule has 0 amide bonds. The molecule has 0 radical (unpaired) electrons. The molecule has 1 fully saturated rings. The quantitative estimate of drug-likeness (QED) is 0.867. The maximum absolute atomic E-state index is 12.3. The fourth-order valence-corrected chi connectivity index (χ4v) is 3.89. The smallest absolute Gasteiger partial charge is 0.240 e. The Morgan fingerprint density at radius 3 is 2.55 bits per heavy atom. The molecule has 3 rings (SSSR count). The summed E-state index contributed by atoms with van der Waals surface area (Å²) in [7, 11) is -3.53. The van der Waals surface area contributed by atoms with E-state index in [1.165, 1.54) is 12.1 Å². The number of benzene rings is 1. The van der Waals surface area contributed by atoms with Crippen molar-refractivity contribution in [3.05, 3.63) is 18.2 Å². The molecule has 2 aliphatic rings. The minimum Gasteiger partial charge on any atom is -0.454 e. The van der Waals surface area contributed by atoms with Crippen molar-refractivity contribution in [2.24, 2.45) is 5.73 Å². The predicted octanol–water partition coefficient (Wildman–Crippen LogP) is 0.963. The molecule has 1 heterocycles. The van der Waals surface area contributed by atoms with E-state index >= 15 is 0 Å². The van der Waals surface area contributed by atoms with Crippen LogP contribution in [-0.4, -0.2) is 27.3 Å². The largest absolute Gasteiger partial charge is 0.454 e. The SMILES string of the molecule is NC1CCC(NS(=O)(=O)c2ccc3c(c2)OCO3)CC1. The Hall–Kier alpha value is -1.31. The summed E-state index contributed by atoms with van der Waals surface area (Å²) in [6.45, 7) is 0.132. The van der Waals surface area contributed by atoms with Crippen LogP contribution in [0.5, 0.6) is 11.5 Å². The van der Waals surface area contributed by atoms with Gasteiger partial charge in [0, 0.05) is 18.2 Å². The van der Waals surface area contributed by atoms with Crippen molar-refractivity contribution in [2.75, 3.05) is 6.79 Å². The van der Waals surface area contributed by atoms with Gasteiger partial charge in [0.15, 0.2) is 11.5 Å². The Morgan fingerprint density at radius 2 is 1.80 bits per heavy atom. The molecule has 0 atom stereocenters. The third-order valence-corrected chi connectivity index (χ3v) is 5.27. The number of fused-ring (bicyclic) bond motifs is 1. The highest BCUT2D eigenvalue weighted by Gasteiger charge is 2.25. The van der Waals surface area contributed by atoms with Gasteiger partial charge in [0.2, 0.25) is 16.8 Å². The number of sulfonamides is 1. The molecule has 7 heteroatoms. The summed E-state index contributed by atoms with van der Waals surface area (Å²) in [5.74, 6) is 1.05. The van der Waals surface area contributed by atoms with Crippen molar-refractivity contribution in [1.82, 2.24) is 4.72 Å². The van der Waals surface area contributed by atoms with Gasteiger partial charge in [0.1, 0.15) is 0 Å². The fraction of sp³-hybridized carbons (Fsp3) is 0.538. The summed E-state index contributed by atoms with van der Waals surface area (Å²) in [5.41, 5.74) is 5.83. The van der Waals surface area contributed by atoms with E-state index in [-0.39, 0.29) is 23.8 Å². The van der Waals surface area contributed by atoms with E-state index in [0.29, 0.717) is 11.5 Å². The summed E-state index contributed by atoms with van der Waals surface area (Å²) in [5, 5.41) is 0. The molecule has 1 aliphatic heterocycles. The number of rotatable bonds is 3. The van der Waals surface area contributed by atoms with Gasteiger partial charge < -0.3 is 15.2 Å². The Balaban J connectivity index is 1.75. The Labute approximate surface area is 118 Å². The molecule has 1 aromatic carbocycles. The number of nitrogens with two attached hydrogens (primary N) is 1. The maximum Gasteiger partial charge on any atom is 0.240 e. The monoisotopic (exact) mass is 298 g/mol. The summed E-state index contributed by atoms with van der Waals surface area (Å²) < 4.78 is 37.8. The highest BCUT2D eigenvalue weighted by atomic mass is 32.2. The second-order valence-electron chi connectivity index (χ2n) is 5.25. The summed E-state index contributed by atoms with van der Waals surface area (Å²) in [6, 6.07) is 4.81. The molecule has 110 valence electrons. The first-order chi connectivity index (χ1) is 9.54. The van der Waals surface area contributed by atoms with Gasteiger partial charge in [-0.3, -0.25) is 0 Å². The van der Waals surface area contributed by atoms with E-state index in [2.05, 4.69) is 4.72 Å². The minimum atomic E-state index is -3.53. The topological polar surface area (TPSA) is 90.7 Å². The van der Waals surface area contributed by atoms with Crippen LogP contribution in [-0.2, 0) is 10.0 Å².